The van der Waals surface area contributed by atoms with Crippen LogP contribution in [0.1, 0.15) is 139 Å². The van der Waals surface area contributed by atoms with Gasteiger partial charge in [0.15, 0.2) is 6.61 Å². The zero-order valence-corrected chi connectivity index (χ0v) is 45.4. The van der Waals surface area contributed by atoms with Crippen molar-refractivity contribution in [2.24, 2.45) is 5.92 Å². The van der Waals surface area contributed by atoms with Crippen molar-refractivity contribution in [2.45, 2.75) is 139 Å². The monoisotopic (exact) mass is 1100 g/mol. The number of carbonyl (C=O) groups excluding carboxylic acids is 4. The van der Waals surface area contributed by atoms with Crippen molar-refractivity contribution in [3.63, 3.8) is 0 Å². The first-order valence-corrected chi connectivity index (χ1v) is 29.2. The summed E-state index contributed by atoms with van der Waals surface area (Å²) in [5, 5.41) is 10.8. The minimum Gasteiger partial charge on any atom is -0.463 e. The Morgan fingerprint density at radius 1 is 0.716 bits per heavy atom. The van der Waals surface area contributed by atoms with E-state index in [-0.39, 0.29) is 67.5 Å². The number of para-hydroxylation sites is 1. The van der Waals surface area contributed by atoms with Gasteiger partial charge in [-0.1, -0.05) is 151 Å². The maximum Gasteiger partial charge on any atom is 0.344 e. The van der Waals surface area contributed by atoms with E-state index in [1.807, 2.05) is 26.0 Å². The third kappa shape index (κ3) is 16.2. The number of anilines is 3. The highest BCUT2D eigenvalue weighted by Crippen LogP contribution is 2.34. The Balaban J connectivity index is 1.11. The summed E-state index contributed by atoms with van der Waals surface area (Å²) in [5.41, 5.74) is 1.36. The van der Waals surface area contributed by atoms with Gasteiger partial charge >= 0.3 is 11.9 Å². The fourth-order valence-electron chi connectivity index (χ4n) is 8.49. The Bertz CT molecular complexity index is 2970. The normalized spacial score (nSPS) is 13.0. The number of unbranched alkanes of at least 4 members (excludes halogenated alkanes) is 13. The molecule has 17 nitrogen and oxygen atoms in total. The molecule has 1 aliphatic rings. The number of nitrogens with zero attached hydrogens (tertiary/aromatic N) is 4. The highest BCUT2D eigenvalue weighted by molar-refractivity contribution is 7.92. The van der Waals surface area contributed by atoms with E-state index in [1.54, 1.807) is 12.1 Å². The number of fused-ring (bicyclic) bond motifs is 2. The smallest absolute Gasteiger partial charge is 0.344 e. The summed E-state index contributed by atoms with van der Waals surface area (Å²) in [6.07, 6.45) is 17.6. The van der Waals surface area contributed by atoms with E-state index < -0.39 is 56.4 Å². The van der Waals surface area contributed by atoms with Crippen LogP contribution in [0, 0.1) is 5.92 Å². The molecule has 5 aromatic rings. The molecule has 2 amide bonds. The Morgan fingerprint density at radius 3 is 1.99 bits per heavy atom. The summed E-state index contributed by atoms with van der Waals surface area (Å²) < 4.78 is 70.9. The van der Waals surface area contributed by atoms with E-state index >= 15 is 0 Å². The summed E-state index contributed by atoms with van der Waals surface area (Å²) in [7, 11) is -8.56. The quantitative estimate of drug-likeness (QED) is 0.0222. The second kappa shape index (κ2) is 27.8. The number of nitrogens with one attached hydrogen (secondary N) is 3. The summed E-state index contributed by atoms with van der Waals surface area (Å²) in [6, 6.07) is 16.8. The SMILES string of the molecule is CCCCCCCCCCCCCCCCNS(=O)(=O)c1ccc(Cl)c(NS(=O)(=O)c2ccc(Cl)c(NC(=O)C(C(=O)N3CCc4ccccc43)n3nnc4cc(C(=O)OCC(=O)OCCC(C)C)ccc43)c2)c1. The number of benzene rings is 4. The molecule has 0 saturated carbocycles. The van der Waals surface area contributed by atoms with E-state index in [4.69, 9.17) is 32.7 Å². The molecular formula is C53H67Cl2N7O10S2. The molecule has 4 aromatic carbocycles. The Morgan fingerprint density at radius 2 is 1.32 bits per heavy atom. The largest absolute Gasteiger partial charge is 0.463 e. The Kier molecular flexibility index (Phi) is 21.7. The van der Waals surface area contributed by atoms with Gasteiger partial charge in [0.25, 0.3) is 21.8 Å². The van der Waals surface area contributed by atoms with Gasteiger partial charge in [0.2, 0.25) is 16.1 Å². The lowest BCUT2D eigenvalue weighted by Crippen LogP contribution is -2.42. The van der Waals surface area contributed by atoms with Crippen LogP contribution < -0.4 is 19.7 Å². The molecule has 400 valence electrons. The number of halogens is 2. The van der Waals surface area contributed by atoms with Gasteiger partial charge in [0.1, 0.15) is 5.52 Å². The molecule has 1 aromatic heterocycles. The zero-order valence-electron chi connectivity index (χ0n) is 42.2. The number of carbonyl (C=O) groups is 4. The molecule has 0 aliphatic carbocycles. The van der Waals surface area contributed by atoms with Crippen LogP contribution in [0.5, 0.6) is 0 Å². The zero-order chi connectivity index (χ0) is 53.3. The number of amides is 2. The molecule has 0 saturated heterocycles. The highest BCUT2D eigenvalue weighted by atomic mass is 35.5. The fraction of sp³-hybridized carbons (Fsp3) is 0.472. The number of rotatable bonds is 30. The van der Waals surface area contributed by atoms with Crippen LogP contribution in [0.3, 0.4) is 0 Å². The van der Waals surface area contributed by atoms with Gasteiger partial charge in [-0.25, -0.2) is 35.8 Å². The van der Waals surface area contributed by atoms with Crippen molar-refractivity contribution in [2.75, 3.05) is 41.2 Å². The molecule has 21 heteroatoms. The lowest BCUT2D eigenvalue weighted by atomic mass is 10.0. The number of hydrogen-bond acceptors (Lipinski definition) is 12. The first kappa shape index (κ1) is 57.7. The van der Waals surface area contributed by atoms with Crippen molar-refractivity contribution in [1.82, 2.24) is 19.7 Å². The van der Waals surface area contributed by atoms with Gasteiger partial charge < -0.3 is 19.7 Å². The van der Waals surface area contributed by atoms with Crippen LogP contribution in [0.4, 0.5) is 17.1 Å². The number of aromatic nitrogens is 3. The first-order chi connectivity index (χ1) is 35.5. The average Bonchev–Trinajstić information content (AvgIpc) is 4.00. The lowest BCUT2D eigenvalue weighted by Gasteiger charge is -2.24. The maximum atomic E-state index is 14.6. The Hall–Kier alpha value is -5.60. The predicted molar refractivity (Wildman–Crippen MR) is 288 cm³/mol. The van der Waals surface area contributed by atoms with Gasteiger partial charge in [0, 0.05) is 18.8 Å². The fourth-order valence-corrected chi connectivity index (χ4v) is 11.1. The van der Waals surface area contributed by atoms with E-state index in [9.17, 15) is 36.0 Å². The van der Waals surface area contributed by atoms with Crippen LogP contribution in [0.25, 0.3) is 11.0 Å². The van der Waals surface area contributed by atoms with Crippen molar-refractivity contribution >= 4 is 95.1 Å². The molecule has 6 rings (SSSR count). The molecule has 74 heavy (non-hydrogen) atoms. The van der Waals surface area contributed by atoms with Gasteiger partial charge in [-0.05, 0) is 91.4 Å². The molecule has 1 aliphatic heterocycles. The molecule has 1 unspecified atom stereocenters. The van der Waals surface area contributed by atoms with Gasteiger partial charge in [-0.15, -0.1) is 5.10 Å². The standard InChI is InChI=1S/C53H67Cl2N7O10S2/c1-4-5-6-7-8-9-10-11-12-13-14-15-16-19-30-56-73(67,68)40-23-26-43(55)45(35-40)59-74(69,70)41-24-25-42(54)44(34-41)57-51(64)50(52(65)61-31-28-38-20-17-18-21-47(38)61)62-48-27-22-39(33-46(48)58-60-62)53(66)72-36-49(63)71-32-29-37(2)3/h17-18,20-27,33-35,37,50,56,59H,4-16,19,28-32,36H2,1-3H3,(H,57,64). The molecular weight excluding hydrogens is 1030 g/mol. The molecule has 2 heterocycles. The second-order valence-electron chi connectivity index (χ2n) is 18.9. The van der Waals surface area contributed by atoms with E-state index in [0.717, 1.165) is 41.6 Å². The van der Waals surface area contributed by atoms with E-state index in [2.05, 4.69) is 32.0 Å². The van der Waals surface area contributed by atoms with Gasteiger partial charge in [-0.3, -0.25) is 14.3 Å². The minimum atomic E-state index is -4.53. The molecule has 0 spiro atoms. The van der Waals surface area contributed by atoms with Gasteiger partial charge in [-0.2, -0.15) is 0 Å². The minimum absolute atomic E-state index is 0.0143. The van der Waals surface area contributed by atoms with Crippen LogP contribution >= 0.6 is 23.2 Å². The third-order valence-electron chi connectivity index (χ3n) is 12.7. The van der Waals surface area contributed by atoms with Crippen LogP contribution in [-0.2, 0) is 50.3 Å². The topological polar surface area (TPSA) is 225 Å². The van der Waals surface area contributed by atoms with Gasteiger partial charge in [0.05, 0.1) is 48.9 Å². The average molecular weight is 1100 g/mol. The van der Waals surface area contributed by atoms with Crippen LogP contribution in [-0.4, -0.2) is 81.9 Å². The number of sulfonamides is 2. The summed E-state index contributed by atoms with van der Waals surface area (Å²) in [6.45, 7) is 6.22. The summed E-state index contributed by atoms with van der Waals surface area (Å²) in [4.78, 5) is 55.1. The number of ether oxygens (including phenoxy) is 2. The van der Waals surface area contributed by atoms with E-state index in [0.29, 0.717) is 30.9 Å². The van der Waals surface area contributed by atoms with Crippen LogP contribution in [0.2, 0.25) is 10.0 Å². The first-order valence-electron chi connectivity index (χ1n) is 25.5. The molecule has 0 fully saturated rings. The maximum absolute atomic E-state index is 14.6. The highest BCUT2D eigenvalue weighted by Gasteiger charge is 2.38. The van der Waals surface area contributed by atoms with Crippen molar-refractivity contribution in [3.8, 4) is 0 Å². The van der Waals surface area contributed by atoms with Crippen molar-refractivity contribution in [3.05, 3.63) is 100 Å². The molecule has 0 bridgehead atoms. The predicted octanol–water partition coefficient (Wildman–Crippen LogP) is 10.8. The number of hydrogen-bond donors (Lipinski definition) is 3. The molecule has 0 radical (unpaired) electrons. The van der Waals surface area contributed by atoms with Crippen molar-refractivity contribution in [1.29, 1.82) is 0 Å². The molecule has 3 N–H and O–H groups in total. The van der Waals surface area contributed by atoms with Crippen molar-refractivity contribution < 1.29 is 45.5 Å². The second-order valence-corrected chi connectivity index (χ2v) is 23.1. The Labute approximate surface area is 444 Å². The summed E-state index contributed by atoms with van der Waals surface area (Å²) in [5.74, 6) is -2.89. The third-order valence-corrected chi connectivity index (χ3v) is 16.2. The molecule has 1 atom stereocenters. The van der Waals surface area contributed by atoms with Crippen LogP contribution in [0.15, 0.2) is 88.7 Å². The lowest BCUT2D eigenvalue weighted by molar-refractivity contribution is -0.147. The van der Waals surface area contributed by atoms with E-state index in [1.165, 1.54) is 112 Å². The number of esters is 2. The summed E-state index contributed by atoms with van der Waals surface area (Å²) >= 11 is 13.0.